The highest BCUT2D eigenvalue weighted by molar-refractivity contribution is 7.98. The maximum absolute atomic E-state index is 13.9. The number of fused-ring (bicyclic) bond motifs is 2. The van der Waals surface area contributed by atoms with E-state index in [0.717, 1.165) is 22.1 Å². The highest BCUT2D eigenvalue weighted by Gasteiger charge is 2.42. The second-order valence-electron chi connectivity index (χ2n) is 7.77. The first kappa shape index (κ1) is 21.3. The summed E-state index contributed by atoms with van der Waals surface area (Å²) in [5.41, 5.74) is 1.71. The quantitative estimate of drug-likeness (QED) is 0.372. The highest BCUT2D eigenvalue weighted by Crippen LogP contribution is 2.39. The van der Waals surface area contributed by atoms with Crippen LogP contribution in [-0.4, -0.2) is 24.2 Å². The smallest absolute Gasteiger partial charge is 0.291 e. The second kappa shape index (κ2) is 8.41. The van der Waals surface area contributed by atoms with Crippen LogP contribution in [0.15, 0.2) is 80.8 Å². The van der Waals surface area contributed by atoms with E-state index in [9.17, 15) is 14.0 Å². The molecular formula is C26H20FNO4S. The number of methoxy groups -OCH3 is 1. The maximum Gasteiger partial charge on any atom is 0.291 e. The summed E-state index contributed by atoms with van der Waals surface area (Å²) in [6.07, 6.45) is 1.98. The van der Waals surface area contributed by atoms with E-state index < -0.39 is 17.3 Å². The van der Waals surface area contributed by atoms with Crippen LogP contribution in [0.3, 0.4) is 0 Å². The van der Waals surface area contributed by atoms with E-state index in [1.807, 2.05) is 54.8 Å². The summed E-state index contributed by atoms with van der Waals surface area (Å²) in [5.74, 6) is -0.186. The van der Waals surface area contributed by atoms with Crippen molar-refractivity contribution in [3.63, 3.8) is 0 Å². The second-order valence-corrected chi connectivity index (χ2v) is 8.65. The Labute approximate surface area is 193 Å². The summed E-state index contributed by atoms with van der Waals surface area (Å²) in [7, 11) is 1.59. The lowest BCUT2D eigenvalue weighted by Crippen LogP contribution is -2.29. The average molecular weight is 462 g/mol. The molecular weight excluding hydrogens is 441 g/mol. The van der Waals surface area contributed by atoms with Gasteiger partial charge in [0.15, 0.2) is 5.43 Å². The molecule has 0 aliphatic carbocycles. The number of hydrogen-bond acceptors (Lipinski definition) is 5. The van der Waals surface area contributed by atoms with E-state index in [1.165, 1.54) is 12.1 Å². The van der Waals surface area contributed by atoms with Gasteiger partial charge in [0.05, 0.1) is 24.1 Å². The Morgan fingerprint density at radius 2 is 1.76 bits per heavy atom. The summed E-state index contributed by atoms with van der Waals surface area (Å²) in [6.45, 7) is 0.270. The Morgan fingerprint density at radius 3 is 2.42 bits per heavy atom. The lowest BCUT2D eigenvalue weighted by Gasteiger charge is -2.25. The molecule has 1 aliphatic rings. The Balaban J connectivity index is 1.67. The number of nitrogens with zero attached hydrogens (tertiary/aromatic N) is 1. The van der Waals surface area contributed by atoms with Crippen molar-refractivity contribution in [1.29, 1.82) is 0 Å². The molecule has 166 valence electrons. The Kier molecular flexibility index (Phi) is 5.42. The van der Waals surface area contributed by atoms with Gasteiger partial charge < -0.3 is 14.1 Å². The zero-order valence-electron chi connectivity index (χ0n) is 18.0. The number of carbonyl (C=O) groups excluding carboxylic acids is 1. The molecule has 0 bridgehead atoms. The molecule has 1 atom stereocenters. The summed E-state index contributed by atoms with van der Waals surface area (Å²) < 4.78 is 25.0. The van der Waals surface area contributed by atoms with Crippen LogP contribution in [0.25, 0.3) is 11.0 Å². The molecule has 4 aromatic rings. The molecule has 7 heteroatoms. The van der Waals surface area contributed by atoms with Crippen molar-refractivity contribution in [3.05, 3.63) is 105 Å². The fourth-order valence-electron chi connectivity index (χ4n) is 4.22. The minimum absolute atomic E-state index is 0.00608. The van der Waals surface area contributed by atoms with Gasteiger partial charge in [0.2, 0.25) is 5.76 Å². The SMILES string of the molecule is COc1ccc(CN2C(=O)c3oc4ccc(F)cc4c(=O)c3C2c2ccc(SC)cc2)cc1. The number of thioether (sulfide) groups is 1. The molecule has 1 amide bonds. The third-order valence-electron chi connectivity index (χ3n) is 5.87. The molecule has 5 rings (SSSR count). The predicted molar refractivity (Wildman–Crippen MR) is 125 cm³/mol. The van der Waals surface area contributed by atoms with Gasteiger partial charge >= 0.3 is 0 Å². The average Bonchev–Trinajstić information content (AvgIpc) is 3.12. The minimum atomic E-state index is -0.644. The molecule has 2 heterocycles. The monoisotopic (exact) mass is 461 g/mol. The number of hydrogen-bond donors (Lipinski definition) is 0. The first-order valence-corrected chi connectivity index (χ1v) is 11.6. The van der Waals surface area contributed by atoms with Gasteiger partial charge in [-0.2, -0.15) is 0 Å². The lowest BCUT2D eigenvalue weighted by atomic mass is 9.98. The summed E-state index contributed by atoms with van der Waals surface area (Å²) in [5, 5.41) is 0.124. The normalized spacial score (nSPS) is 15.2. The minimum Gasteiger partial charge on any atom is -0.497 e. The number of amides is 1. The number of carbonyl (C=O) groups is 1. The van der Waals surface area contributed by atoms with E-state index in [2.05, 4.69) is 0 Å². The van der Waals surface area contributed by atoms with Gasteiger partial charge in [-0.25, -0.2) is 4.39 Å². The zero-order chi connectivity index (χ0) is 23.1. The van der Waals surface area contributed by atoms with Gasteiger partial charge in [0, 0.05) is 11.4 Å². The molecule has 0 spiro atoms. The van der Waals surface area contributed by atoms with Crippen molar-refractivity contribution >= 4 is 28.6 Å². The van der Waals surface area contributed by atoms with Gasteiger partial charge in [-0.1, -0.05) is 24.3 Å². The van der Waals surface area contributed by atoms with Crippen LogP contribution in [-0.2, 0) is 6.54 Å². The summed E-state index contributed by atoms with van der Waals surface area (Å²) in [6, 6.07) is 18.3. The number of rotatable bonds is 5. The molecule has 0 fully saturated rings. The van der Waals surface area contributed by atoms with E-state index in [0.29, 0.717) is 5.75 Å². The molecule has 0 saturated carbocycles. The van der Waals surface area contributed by atoms with Crippen LogP contribution >= 0.6 is 11.8 Å². The van der Waals surface area contributed by atoms with Crippen molar-refractivity contribution in [2.75, 3.05) is 13.4 Å². The number of benzene rings is 3. The molecule has 0 N–H and O–H groups in total. The predicted octanol–water partition coefficient (Wildman–Crippen LogP) is 5.41. The molecule has 1 aliphatic heterocycles. The molecule has 0 radical (unpaired) electrons. The fraction of sp³-hybridized carbons (Fsp3) is 0.154. The van der Waals surface area contributed by atoms with Crippen molar-refractivity contribution in [2.24, 2.45) is 0 Å². The van der Waals surface area contributed by atoms with Gasteiger partial charge in [-0.15, -0.1) is 11.8 Å². The van der Waals surface area contributed by atoms with Gasteiger partial charge in [0.1, 0.15) is 17.1 Å². The first-order valence-electron chi connectivity index (χ1n) is 10.3. The van der Waals surface area contributed by atoms with Crippen LogP contribution in [0.1, 0.15) is 33.3 Å². The van der Waals surface area contributed by atoms with Crippen molar-refractivity contribution in [3.8, 4) is 5.75 Å². The zero-order valence-corrected chi connectivity index (χ0v) is 18.8. The topological polar surface area (TPSA) is 59.8 Å². The van der Waals surface area contributed by atoms with Crippen LogP contribution in [0.2, 0.25) is 0 Å². The molecule has 1 aromatic heterocycles. The van der Waals surface area contributed by atoms with E-state index in [1.54, 1.807) is 23.8 Å². The third kappa shape index (κ3) is 3.68. The van der Waals surface area contributed by atoms with Gasteiger partial charge in [0.25, 0.3) is 5.91 Å². The molecule has 3 aromatic carbocycles. The van der Waals surface area contributed by atoms with Crippen molar-refractivity contribution in [2.45, 2.75) is 17.5 Å². The summed E-state index contributed by atoms with van der Waals surface area (Å²) >= 11 is 1.61. The maximum atomic E-state index is 13.9. The van der Waals surface area contributed by atoms with Crippen LogP contribution in [0.5, 0.6) is 5.75 Å². The van der Waals surface area contributed by atoms with Gasteiger partial charge in [-0.3, -0.25) is 9.59 Å². The van der Waals surface area contributed by atoms with E-state index >= 15 is 0 Å². The van der Waals surface area contributed by atoms with Crippen LogP contribution in [0, 0.1) is 5.82 Å². The molecule has 0 saturated heterocycles. The number of ether oxygens (including phenoxy) is 1. The largest absolute Gasteiger partial charge is 0.497 e. The summed E-state index contributed by atoms with van der Waals surface area (Å²) in [4.78, 5) is 29.7. The third-order valence-corrected chi connectivity index (χ3v) is 6.61. The van der Waals surface area contributed by atoms with E-state index in [-0.39, 0.29) is 34.7 Å². The Bertz CT molecular complexity index is 1410. The molecule has 5 nitrogen and oxygen atoms in total. The lowest BCUT2D eigenvalue weighted by molar-refractivity contribution is 0.0714. The number of halogens is 1. The highest BCUT2D eigenvalue weighted by atomic mass is 32.2. The van der Waals surface area contributed by atoms with Crippen LogP contribution < -0.4 is 10.2 Å². The van der Waals surface area contributed by atoms with Gasteiger partial charge in [-0.05, 0) is 59.8 Å². The Hall–Kier alpha value is -3.58. The van der Waals surface area contributed by atoms with Crippen molar-refractivity contribution in [1.82, 2.24) is 4.90 Å². The van der Waals surface area contributed by atoms with E-state index in [4.69, 9.17) is 9.15 Å². The molecule has 1 unspecified atom stereocenters. The molecule has 33 heavy (non-hydrogen) atoms. The van der Waals surface area contributed by atoms with Crippen LogP contribution in [0.4, 0.5) is 4.39 Å². The fourth-order valence-corrected chi connectivity index (χ4v) is 4.62. The van der Waals surface area contributed by atoms with Crippen molar-refractivity contribution < 1.29 is 18.3 Å². The Morgan fingerprint density at radius 1 is 1.03 bits per heavy atom. The standard InChI is InChI=1S/C26H20FNO4S/c1-31-18-8-3-15(4-9-18)14-28-23(16-5-10-19(33-2)11-6-16)22-24(29)20-13-17(27)7-12-21(20)32-25(22)26(28)30/h3-13,23H,14H2,1-2H3. The first-order chi connectivity index (χ1) is 16.0.